The molecule has 0 saturated heterocycles. The summed E-state index contributed by atoms with van der Waals surface area (Å²) in [5.74, 6) is 1.54. The van der Waals surface area contributed by atoms with E-state index < -0.39 is 0 Å². The Morgan fingerprint density at radius 3 is 2.89 bits per heavy atom. The first-order valence-corrected chi connectivity index (χ1v) is 8.29. The van der Waals surface area contributed by atoms with Gasteiger partial charge in [-0.2, -0.15) is 0 Å². The van der Waals surface area contributed by atoms with E-state index >= 15 is 0 Å². The Labute approximate surface area is 162 Å². The van der Waals surface area contributed by atoms with Crippen LogP contribution in [0.5, 0.6) is 11.6 Å². The number of halogens is 1. The van der Waals surface area contributed by atoms with E-state index in [4.69, 9.17) is 10.5 Å². The average molecular weight is 384 g/mol. The van der Waals surface area contributed by atoms with E-state index in [2.05, 4.69) is 15.0 Å². The summed E-state index contributed by atoms with van der Waals surface area (Å²) < 4.78 is 5.75. The number of rotatable bonds is 4. The summed E-state index contributed by atoms with van der Waals surface area (Å²) in [6.07, 6.45) is 3.92. The van der Waals surface area contributed by atoms with E-state index in [1.165, 1.54) is 6.33 Å². The van der Waals surface area contributed by atoms with Crippen molar-refractivity contribution in [3.63, 3.8) is 0 Å². The lowest BCUT2D eigenvalue weighted by Crippen LogP contribution is -2.29. The smallest absolute Gasteiger partial charge is 0.259 e. The molecule has 0 unspecified atom stereocenters. The molecule has 27 heavy (non-hydrogen) atoms. The highest BCUT2D eigenvalue weighted by Gasteiger charge is 2.26. The summed E-state index contributed by atoms with van der Waals surface area (Å²) in [6, 6.07) is 12.6. The number of ether oxygens (including phenoxy) is 1. The minimum atomic E-state index is -0.0989. The Kier molecular flexibility index (Phi) is 5.63. The second kappa shape index (κ2) is 8.11. The summed E-state index contributed by atoms with van der Waals surface area (Å²) in [7, 11) is 0. The first-order valence-electron chi connectivity index (χ1n) is 8.29. The van der Waals surface area contributed by atoms with Crippen molar-refractivity contribution in [3.05, 3.63) is 71.8 Å². The van der Waals surface area contributed by atoms with Gasteiger partial charge < -0.3 is 10.5 Å². The van der Waals surface area contributed by atoms with Gasteiger partial charge in [0.2, 0.25) is 5.88 Å². The monoisotopic (exact) mass is 383 g/mol. The van der Waals surface area contributed by atoms with Crippen molar-refractivity contribution in [2.45, 2.75) is 13.0 Å². The predicted octanol–water partition coefficient (Wildman–Crippen LogP) is 2.75. The van der Waals surface area contributed by atoms with Crippen molar-refractivity contribution in [1.29, 1.82) is 0 Å². The van der Waals surface area contributed by atoms with Crippen LogP contribution in [0.15, 0.2) is 55.0 Å². The van der Waals surface area contributed by atoms with Crippen LogP contribution in [0.25, 0.3) is 0 Å². The molecule has 0 saturated carbocycles. The predicted molar refractivity (Wildman–Crippen MR) is 103 cm³/mol. The molecule has 2 N–H and O–H groups in total. The summed E-state index contributed by atoms with van der Waals surface area (Å²) in [5.41, 5.74) is 7.89. The quantitative estimate of drug-likeness (QED) is 0.744. The number of amides is 1. The Morgan fingerprint density at radius 2 is 2.04 bits per heavy atom. The van der Waals surface area contributed by atoms with Crippen LogP contribution in [0.4, 0.5) is 5.82 Å². The zero-order valence-electron chi connectivity index (χ0n) is 14.4. The van der Waals surface area contributed by atoms with Crippen LogP contribution in [0.2, 0.25) is 0 Å². The highest BCUT2D eigenvalue weighted by molar-refractivity contribution is 6.06. The maximum absolute atomic E-state index is 12.9. The number of anilines is 1. The van der Waals surface area contributed by atoms with E-state index in [1.54, 1.807) is 41.4 Å². The number of carbonyl (C=O) groups excluding carboxylic acids is 1. The molecule has 8 heteroatoms. The van der Waals surface area contributed by atoms with E-state index in [1.807, 2.05) is 12.1 Å². The van der Waals surface area contributed by atoms with E-state index in [0.717, 1.165) is 17.8 Å². The van der Waals surface area contributed by atoms with Gasteiger partial charge in [-0.3, -0.25) is 9.69 Å². The Balaban J connectivity index is 0.00000210. The lowest BCUT2D eigenvalue weighted by Gasteiger charge is -2.16. The summed E-state index contributed by atoms with van der Waals surface area (Å²) >= 11 is 0. The molecular weight excluding hydrogens is 366 g/mol. The van der Waals surface area contributed by atoms with Crippen LogP contribution < -0.4 is 15.4 Å². The molecule has 138 valence electrons. The van der Waals surface area contributed by atoms with Crippen molar-refractivity contribution < 1.29 is 9.53 Å². The van der Waals surface area contributed by atoms with Gasteiger partial charge in [-0.1, -0.05) is 12.1 Å². The SMILES string of the molecule is Cl.NCc1cc(Oc2cccc(C(=O)N3CCc4cccnc43)c2)ncn1. The number of hydrogen-bond acceptors (Lipinski definition) is 6. The van der Waals surface area contributed by atoms with Crippen molar-refractivity contribution in [2.24, 2.45) is 5.73 Å². The minimum absolute atomic E-state index is 0. The number of benzene rings is 1. The summed E-state index contributed by atoms with van der Waals surface area (Å²) in [5, 5.41) is 0. The topological polar surface area (TPSA) is 94.2 Å². The lowest BCUT2D eigenvalue weighted by molar-refractivity contribution is 0.0988. The van der Waals surface area contributed by atoms with E-state index in [0.29, 0.717) is 36.0 Å². The lowest BCUT2D eigenvalue weighted by atomic mass is 10.2. The molecule has 7 nitrogen and oxygen atoms in total. The maximum atomic E-state index is 12.9. The minimum Gasteiger partial charge on any atom is -0.439 e. The number of aromatic nitrogens is 3. The molecule has 0 atom stereocenters. The molecule has 0 bridgehead atoms. The third kappa shape index (κ3) is 3.89. The molecule has 4 rings (SSSR count). The molecule has 1 aliphatic rings. The molecule has 0 radical (unpaired) electrons. The third-order valence-electron chi connectivity index (χ3n) is 4.18. The van der Waals surface area contributed by atoms with Crippen LogP contribution in [0.1, 0.15) is 21.6 Å². The second-order valence-corrected chi connectivity index (χ2v) is 5.87. The van der Waals surface area contributed by atoms with Gasteiger partial charge >= 0.3 is 0 Å². The maximum Gasteiger partial charge on any atom is 0.259 e. The largest absolute Gasteiger partial charge is 0.439 e. The highest BCUT2D eigenvalue weighted by atomic mass is 35.5. The molecule has 3 aromatic rings. The Morgan fingerprint density at radius 1 is 1.15 bits per heavy atom. The standard InChI is InChI=1S/C19H17N5O2.ClH/c20-11-15-10-17(23-12-22-15)26-16-5-1-3-14(9-16)19(25)24-8-6-13-4-2-7-21-18(13)24;/h1-5,7,9-10,12H,6,8,11,20H2;1H. The van der Waals surface area contributed by atoms with Crippen LogP contribution in [0, 0.1) is 0 Å². The highest BCUT2D eigenvalue weighted by Crippen LogP contribution is 2.28. The fourth-order valence-electron chi connectivity index (χ4n) is 2.92. The average Bonchev–Trinajstić information content (AvgIpc) is 3.12. The molecule has 3 heterocycles. The number of hydrogen-bond donors (Lipinski definition) is 1. The number of carbonyl (C=O) groups is 1. The first-order chi connectivity index (χ1) is 12.7. The molecule has 0 aliphatic carbocycles. The normalized spacial score (nSPS) is 12.3. The zero-order chi connectivity index (χ0) is 17.9. The van der Waals surface area contributed by atoms with Gasteiger partial charge in [-0.15, -0.1) is 12.4 Å². The molecule has 1 aliphatic heterocycles. The fraction of sp³-hybridized carbons (Fsp3) is 0.158. The molecule has 1 amide bonds. The second-order valence-electron chi connectivity index (χ2n) is 5.87. The van der Waals surface area contributed by atoms with Crippen molar-refractivity contribution >= 4 is 24.1 Å². The third-order valence-corrected chi connectivity index (χ3v) is 4.18. The number of fused-ring (bicyclic) bond motifs is 1. The Hall–Kier alpha value is -3.03. The number of nitrogens with two attached hydrogens (primary N) is 1. The first kappa shape index (κ1) is 18.8. The van der Waals surface area contributed by atoms with Gasteiger partial charge in [0.1, 0.15) is 17.9 Å². The van der Waals surface area contributed by atoms with Gasteiger partial charge in [-0.05, 0) is 36.2 Å². The summed E-state index contributed by atoms with van der Waals surface area (Å²) in [4.78, 5) is 27.0. The van der Waals surface area contributed by atoms with Crippen LogP contribution in [-0.2, 0) is 13.0 Å². The van der Waals surface area contributed by atoms with Gasteiger partial charge in [0.25, 0.3) is 5.91 Å². The van der Waals surface area contributed by atoms with Gasteiger partial charge in [0, 0.05) is 30.9 Å². The zero-order valence-corrected chi connectivity index (χ0v) is 15.2. The number of pyridine rings is 1. The molecule has 2 aromatic heterocycles. The van der Waals surface area contributed by atoms with E-state index in [9.17, 15) is 4.79 Å². The summed E-state index contributed by atoms with van der Waals surface area (Å²) in [6.45, 7) is 0.931. The van der Waals surface area contributed by atoms with Gasteiger partial charge in [0.05, 0.1) is 5.69 Å². The number of nitrogens with zero attached hydrogens (tertiary/aromatic N) is 4. The van der Waals surface area contributed by atoms with Crippen molar-refractivity contribution in [1.82, 2.24) is 15.0 Å². The van der Waals surface area contributed by atoms with Crippen molar-refractivity contribution in [3.8, 4) is 11.6 Å². The molecule has 1 aromatic carbocycles. The Bertz CT molecular complexity index is 966. The van der Waals surface area contributed by atoms with E-state index in [-0.39, 0.29) is 18.3 Å². The van der Waals surface area contributed by atoms with Crippen LogP contribution >= 0.6 is 12.4 Å². The van der Waals surface area contributed by atoms with Crippen LogP contribution in [-0.4, -0.2) is 27.4 Å². The molecular formula is C19H18ClN5O2. The molecule has 0 spiro atoms. The van der Waals surface area contributed by atoms with Gasteiger partial charge in [0.15, 0.2) is 0 Å². The van der Waals surface area contributed by atoms with Crippen molar-refractivity contribution in [2.75, 3.05) is 11.4 Å². The molecule has 0 fully saturated rings. The fourth-order valence-corrected chi connectivity index (χ4v) is 2.92. The van der Waals surface area contributed by atoms with Crippen LogP contribution in [0.3, 0.4) is 0 Å². The van der Waals surface area contributed by atoms with Gasteiger partial charge in [-0.25, -0.2) is 15.0 Å².